The van der Waals surface area contributed by atoms with Gasteiger partial charge in [0.1, 0.15) is 11.9 Å². The maximum Gasteiger partial charge on any atom is 0.262 e. The highest BCUT2D eigenvalue weighted by Gasteiger charge is 2.39. The molecule has 182 valence electrons. The number of rotatable bonds is 8. The Labute approximate surface area is 213 Å². The molecular weight excluding hydrogens is 444 g/mol. The van der Waals surface area contributed by atoms with Gasteiger partial charge in [-0.1, -0.05) is 85.6 Å². The maximum atomic E-state index is 14.0. The molecule has 0 spiro atoms. The smallest absolute Gasteiger partial charge is 0.262 e. The Morgan fingerprint density at radius 3 is 2.22 bits per heavy atom. The number of carbonyl (C=O) groups excluding carboxylic acids is 1. The summed E-state index contributed by atoms with van der Waals surface area (Å²) < 4.78 is 5.92. The molecule has 1 atom stereocenters. The Balaban J connectivity index is 1.62. The van der Waals surface area contributed by atoms with Crippen molar-refractivity contribution in [2.45, 2.75) is 39.4 Å². The van der Waals surface area contributed by atoms with Crippen molar-refractivity contribution in [3.05, 3.63) is 125 Å². The molecule has 4 aromatic rings. The standard InChI is InChI=1S/C32H32N2O2/c1-3-4-22-36-28-20-16-26(17-21-28)31-33(23-25-10-6-5-7-11-25)30-13-9-8-12-29(30)32(35)34(31)27-18-14-24(2)15-19-27/h5-21,31H,3-4,22-23H2,1-2H3/t31-/m1/s1. The zero-order valence-corrected chi connectivity index (χ0v) is 20.9. The minimum absolute atomic E-state index is 0.00652. The molecule has 4 heteroatoms. The number of aryl methyl sites for hydroxylation is 1. The van der Waals surface area contributed by atoms with Crippen LogP contribution in [0.4, 0.5) is 11.4 Å². The molecule has 1 aliphatic heterocycles. The fraction of sp³-hybridized carbons (Fsp3) is 0.219. The largest absolute Gasteiger partial charge is 0.494 e. The lowest BCUT2D eigenvalue weighted by atomic mass is 9.99. The minimum atomic E-state index is -0.306. The lowest BCUT2D eigenvalue weighted by Gasteiger charge is -2.46. The summed E-state index contributed by atoms with van der Waals surface area (Å²) in [4.78, 5) is 18.3. The first kappa shape index (κ1) is 23.7. The highest BCUT2D eigenvalue weighted by Crippen LogP contribution is 2.42. The van der Waals surface area contributed by atoms with E-state index in [0.29, 0.717) is 18.7 Å². The van der Waals surface area contributed by atoms with Gasteiger partial charge in [0.05, 0.1) is 17.9 Å². The average molecular weight is 477 g/mol. The quantitative estimate of drug-likeness (QED) is 0.246. The van der Waals surface area contributed by atoms with Gasteiger partial charge in [0, 0.05) is 12.2 Å². The number of carbonyl (C=O) groups is 1. The summed E-state index contributed by atoms with van der Waals surface area (Å²) in [5, 5.41) is 0. The van der Waals surface area contributed by atoms with Crippen molar-refractivity contribution in [3.8, 4) is 5.75 Å². The van der Waals surface area contributed by atoms with Gasteiger partial charge in [-0.3, -0.25) is 9.69 Å². The van der Waals surface area contributed by atoms with E-state index in [1.54, 1.807) is 0 Å². The highest BCUT2D eigenvalue weighted by atomic mass is 16.5. The number of hydrogen-bond donors (Lipinski definition) is 0. The van der Waals surface area contributed by atoms with Crippen LogP contribution in [0.2, 0.25) is 0 Å². The molecule has 36 heavy (non-hydrogen) atoms. The molecule has 5 rings (SSSR count). The van der Waals surface area contributed by atoms with Crippen LogP contribution in [-0.2, 0) is 6.54 Å². The molecule has 0 saturated carbocycles. The normalized spacial score (nSPS) is 15.1. The summed E-state index contributed by atoms with van der Waals surface area (Å²) in [6.45, 7) is 5.60. The summed E-state index contributed by atoms with van der Waals surface area (Å²) in [6.07, 6.45) is 1.82. The van der Waals surface area contributed by atoms with Crippen molar-refractivity contribution < 1.29 is 9.53 Å². The number of para-hydroxylation sites is 1. The Bertz CT molecular complexity index is 1300. The average Bonchev–Trinajstić information content (AvgIpc) is 2.92. The number of anilines is 2. The number of nitrogens with zero attached hydrogens (tertiary/aromatic N) is 2. The second-order valence-corrected chi connectivity index (χ2v) is 9.29. The van der Waals surface area contributed by atoms with Crippen LogP contribution in [0.25, 0.3) is 0 Å². The van der Waals surface area contributed by atoms with Crippen LogP contribution in [0.5, 0.6) is 5.75 Å². The summed E-state index contributed by atoms with van der Waals surface area (Å²) in [7, 11) is 0. The molecule has 1 amide bonds. The van der Waals surface area contributed by atoms with Crippen molar-refractivity contribution in [1.29, 1.82) is 0 Å². The third-order valence-corrected chi connectivity index (χ3v) is 6.66. The first-order valence-electron chi connectivity index (χ1n) is 12.7. The SMILES string of the molecule is CCCCOc1ccc([C@@H]2N(Cc3ccccc3)c3ccccc3C(=O)N2c2ccc(C)cc2)cc1. The molecule has 0 bridgehead atoms. The monoisotopic (exact) mass is 476 g/mol. The van der Waals surface area contributed by atoms with E-state index in [1.165, 1.54) is 5.56 Å². The molecule has 0 fully saturated rings. The van der Waals surface area contributed by atoms with E-state index < -0.39 is 0 Å². The molecule has 0 aromatic heterocycles. The lowest BCUT2D eigenvalue weighted by Crippen LogP contribution is -2.49. The molecule has 0 radical (unpaired) electrons. The van der Waals surface area contributed by atoms with Crippen LogP contribution in [0.3, 0.4) is 0 Å². The van der Waals surface area contributed by atoms with Gasteiger partial charge in [0.2, 0.25) is 0 Å². The number of hydrogen-bond acceptors (Lipinski definition) is 3. The summed E-state index contributed by atoms with van der Waals surface area (Å²) in [5.74, 6) is 0.860. The zero-order valence-electron chi connectivity index (χ0n) is 20.9. The topological polar surface area (TPSA) is 32.8 Å². The van der Waals surface area contributed by atoms with Gasteiger partial charge in [-0.25, -0.2) is 0 Å². The van der Waals surface area contributed by atoms with Crippen molar-refractivity contribution in [2.24, 2.45) is 0 Å². The van der Waals surface area contributed by atoms with E-state index in [0.717, 1.165) is 41.1 Å². The Morgan fingerprint density at radius 1 is 0.806 bits per heavy atom. The Hall–Kier alpha value is -4.05. The van der Waals surface area contributed by atoms with Crippen LogP contribution in [0.1, 0.15) is 53.0 Å². The first-order valence-corrected chi connectivity index (χ1v) is 12.7. The molecule has 4 nitrogen and oxygen atoms in total. The van der Waals surface area contributed by atoms with Crippen LogP contribution in [0.15, 0.2) is 103 Å². The van der Waals surface area contributed by atoms with E-state index in [2.05, 4.69) is 73.3 Å². The fourth-order valence-electron chi connectivity index (χ4n) is 4.73. The van der Waals surface area contributed by atoms with Gasteiger partial charge >= 0.3 is 0 Å². The predicted octanol–water partition coefficient (Wildman–Crippen LogP) is 7.54. The van der Waals surface area contributed by atoms with Gasteiger partial charge in [0.25, 0.3) is 5.91 Å². The van der Waals surface area contributed by atoms with E-state index in [9.17, 15) is 4.79 Å². The molecule has 0 unspecified atom stereocenters. The van der Waals surface area contributed by atoms with Gasteiger partial charge in [-0.15, -0.1) is 0 Å². The van der Waals surface area contributed by atoms with E-state index >= 15 is 0 Å². The maximum absolute atomic E-state index is 14.0. The minimum Gasteiger partial charge on any atom is -0.494 e. The molecule has 0 N–H and O–H groups in total. The van der Waals surface area contributed by atoms with E-state index in [1.807, 2.05) is 53.4 Å². The fourth-order valence-corrected chi connectivity index (χ4v) is 4.73. The van der Waals surface area contributed by atoms with E-state index in [-0.39, 0.29) is 12.1 Å². The third-order valence-electron chi connectivity index (χ3n) is 6.66. The second kappa shape index (κ2) is 10.7. The van der Waals surface area contributed by atoms with Crippen molar-refractivity contribution >= 4 is 17.3 Å². The van der Waals surface area contributed by atoms with Crippen LogP contribution in [0, 0.1) is 6.92 Å². The first-order chi connectivity index (χ1) is 17.7. The Morgan fingerprint density at radius 2 is 1.50 bits per heavy atom. The van der Waals surface area contributed by atoms with Gasteiger partial charge in [-0.05, 0) is 60.9 Å². The predicted molar refractivity (Wildman–Crippen MR) is 147 cm³/mol. The van der Waals surface area contributed by atoms with Gasteiger partial charge in [0.15, 0.2) is 0 Å². The Kier molecular flexibility index (Phi) is 7.03. The van der Waals surface area contributed by atoms with Crippen LogP contribution in [-0.4, -0.2) is 12.5 Å². The second-order valence-electron chi connectivity index (χ2n) is 9.29. The molecule has 0 saturated heterocycles. The summed E-state index contributed by atoms with van der Waals surface area (Å²) in [5.41, 5.74) is 5.93. The molecule has 0 aliphatic carbocycles. The van der Waals surface area contributed by atoms with Crippen molar-refractivity contribution in [3.63, 3.8) is 0 Å². The zero-order chi connectivity index (χ0) is 24.9. The van der Waals surface area contributed by atoms with Crippen molar-refractivity contribution in [2.75, 3.05) is 16.4 Å². The number of fused-ring (bicyclic) bond motifs is 1. The lowest BCUT2D eigenvalue weighted by molar-refractivity contribution is 0.0968. The molecule has 4 aromatic carbocycles. The van der Waals surface area contributed by atoms with E-state index in [4.69, 9.17) is 4.74 Å². The van der Waals surface area contributed by atoms with Crippen LogP contribution < -0.4 is 14.5 Å². The molecule has 1 aliphatic rings. The molecular formula is C32H32N2O2. The third kappa shape index (κ3) is 4.85. The highest BCUT2D eigenvalue weighted by molar-refractivity contribution is 6.12. The summed E-state index contributed by atoms with van der Waals surface area (Å²) in [6, 6.07) is 34.8. The van der Waals surface area contributed by atoms with Gasteiger partial charge < -0.3 is 9.64 Å². The summed E-state index contributed by atoms with van der Waals surface area (Å²) >= 11 is 0. The molecule has 1 heterocycles. The van der Waals surface area contributed by atoms with Crippen molar-refractivity contribution in [1.82, 2.24) is 0 Å². The number of benzene rings is 4. The van der Waals surface area contributed by atoms with Crippen LogP contribution >= 0.6 is 0 Å². The number of unbranched alkanes of at least 4 members (excludes halogenated alkanes) is 1. The number of amides is 1. The number of ether oxygens (including phenoxy) is 1. The van der Waals surface area contributed by atoms with Gasteiger partial charge in [-0.2, -0.15) is 0 Å².